The van der Waals surface area contributed by atoms with Crippen molar-refractivity contribution in [2.45, 2.75) is 69.2 Å². The number of rotatable bonds is 2. The summed E-state index contributed by atoms with van der Waals surface area (Å²) in [4.78, 5) is 12.3. The number of hydrogen-bond donors (Lipinski definition) is 2. The summed E-state index contributed by atoms with van der Waals surface area (Å²) in [5.74, 6) is 2.33. The van der Waals surface area contributed by atoms with E-state index in [2.05, 4.69) is 5.32 Å². The van der Waals surface area contributed by atoms with E-state index in [1.54, 1.807) is 0 Å². The summed E-state index contributed by atoms with van der Waals surface area (Å²) in [7, 11) is 0. The zero-order valence-corrected chi connectivity index (χ0v) is 12.6. The molecule has 0 radical (unpaired) electrons. The predicted molar refractivity (Wildman–Crippen MR) is 77.5 cm³/mol. The number of amides is 1. The number of alkyl carbamates (subject to hydrolysis) is 1. The van der Waals surface area contributed by atoms with Gasteiger partial charge in [-0.3, -0.25) is 5.32 Å². The lowest BCUT2D eigenvalue weighted by Gasteiger charge is -2.55. The molecule has 5 fully saturated rings. The van der Waals surface area contributed by atoms with Crippen molar-refractivity contribution in [2.75, 3.05) is 6.61 Å². The van der Waals surface area contributed by atoms with Crippen LogP contribution in [0.2, 0.25) is 0 Å². The Hall–Kier alpha value is -0.810. The van der Waals surface area contributed by atoms with Gasteiger partial charge in [0.05, 0.1) is 0 Å². The Labute approximate surface area is 125 Å². The van der Waals surface area contributed by atoms with E-state index in [0.29, 0.717) is 6.61 Å². The van der Waals surface area contributed by atoms with Gasteiger partial charge in [0.2, 0.25) is 0 Å². The van der Waals surface area contributed by atoms with Gasteiger partial charge in [-0.05, 0) is 69.1 Å². The van der Waals surface area contributed by atoms with Gasteiger partial charge in [0, 0.05) is 12.6 Å². The lowest BCUT2D eigenvalue weighted by Crippen LogP contribution is -2.56. The molecule has 3 N–H and O–H groups in total. The highest BCUT2D eigenvalue weighted by molar-refractivity contribution is 5.68. The fourth-order valence-corrected chi connectivity index (χ4v) is 5.45. The molecule has 5 aliphatic rings. The first-order valence-corrected chi connectivity index (χ1v) is 8.49. The minimum absolute atomic E-state index is 0.123. The summed E-state index contributed by atoms with van der Waals surface area (Å²) in [6.07, 6.45) is 8.35. The third-order valence-corrected chi connectivity index (χ3v) is 5.92. The molecule has 1 heterocycles. The minimum atomic E-state index is -0.389. The summed E-state index contributed by atoms with van der Waals surface area (Å²) in [5.41, 5.74) is 5.80. The Balaban J connectivity index is 1.38. The maximum Gasteiger partial charge on any atom is 0.409 e. The van der Waals surface area contributed by atoms with Crippen molar-refractivity contribution < 1.29 is 14.3 Å². The molecule has 5 nitrogen and oxygen atoms in total. The lowest BCUT2D eigenvalue weighted by molar-refractivity contribution is -0.131. The molecule has 1 aliphatic heterocycles. The van der Waals surface area contributed by atoms with E-state index in [1.165, 1.54) is 19.3 Å². The summed E-state index contributed by atoms with van der Waals surface area (Å²) in [6, 6.07) is -0.123. The summed E-state index contributed by atoms with van der Waals surface area (Å²) in [6.45, 7) is 0.663. The Bertz CT molecular complexity index is 390. The Morgan fingerprint density at radius 1 is 1.14 bits per heavy atom. The largest absolute Gasteiger partial charge is 0.443 e. The van der Waals surface area contributed by atoms with Crippen molar-refractivity contribution in [1.82, 2.24) is 5.32 Å². The van der Waals surface area contributed by atoms with Crippen molar-refractivity contribution in [3.63, 3.8) is 0 Å². The van der Waals surface area contributed by atoms with Crippen LogP contribution < -0.4 is 11.1 Å². The molecule has 0 aromatic carbocycles. The van der Waals surface area contributed by atoms with Crippen LogP contribution in [0, 0.1) is 17.8 Å². The van der Waals surface area contributed by atoms with Crippen LogP contribution in [0.15, 0.2) is 0 Å². The number of nitrogens with one attached hydrogen (secondary N) is 1. The molecule has 0 aromatic rings. The van der Waals surface area contributed by atoms with E-state index >= 15 is 0 Å². The summed E-state index contributed by atoms with van der Waals surface area (Å²) >= 11 is 0. The first-order chi connectivity index (χ1) is 10.1. The molecular weight excluding hydrogens is 268 g/mol. The monoisotopic (exact) mass is 294 g/mol. The van der Waals surface area contributed by atoms with E-state index < -0.39 is 0 Å². The Morgan fingerprint density at radius 2 is 1.76 bits per heavy atom. The standard InChI is InChI=1S/C16H26N2O3/c17-13-2-1-3-20-14(13)18-15(19)21-16-7-10-4-11(8-16)6-12(5-10)9-16/h10-14H,1-9,17H2,(H,18,19)/t10?,11?,12?,13-,14+,16?/m1/s1. The second kappa shape index (κ2) is 5.13. The highest BCUT2D eigenvalue weighted by Crippen LogP contribution is 2.57. The third kappa shape index (κ3) is 2.66. The van der Waals surface area contributed by atoms with Crippen molar-refractivity contribution in [3.8, 4) is 0 Å². The fraction of sp³-hybridized carbons (Fsp3) is 0.938. The molecule has 5 rings (SSSR count). The highest BCUT2D eigenvalue weighted by Gasteiger charge is 2.53. The zero-order valence-electron chi connectivity index (χ0n) is 12.6. The van der Waals surface area contributed by atoms with Crippen LogP contribution in [-0.2, 0) is 9.47 Å². The van der Waals surface area contributed by atoms with Crippen LogP contribution in [0.1, 0.15) is 51.4 Å². The first kappa shape index (κ1) is 13.8. The van der Waals surface area contributed by atoms with Crippen LogP contribution in [0.4, 0.5) is 4.79 Å². The van der Waals surface area contributed by atoms with E-state index in [0.717, 1.165) is 49.9 Å². The number of ether oxygens (including phenoxy) is 2. The molecule has 1 amide bonds. The molecular formula is C16H26N2O3. The Morgan fingerprint density at radius 3 is 2.33 bits per heavy atom. The van der Waals surface area contributed by atoms with Gasteiger partial charge in [-0.1, -0.05) is 0 Å². The lowest BCUT2D eigenvalue weighted by atomic mass is 9.54. The van der Waals surface area contributed by atoms with Crippen LogP contribution in [0.3, 0.4) is 0 Å². The number of carbonyl (C=O) groups excluding carboxylic acids is 1. The summed E-state index contributed by atoms with van der Waals surface area (Å²) in [5, 5.41) is 2.84. The summed E-state index contributed by atoms with van der Waals surface area (Å²) < 4.78 is 11.5. The van der Waals surface area contributed by atoms with Gasteiger partial charge in [-0.15, -0.1) is 0 Å². The molecule has 118 valence electrons. The van der Waals surface area contributed by atoms with Crippen molar-refractivity contribution in [1.29, 1.82) is 0 Å². The Kier molecular flexibility index (Phi) is 3.38. The molecule has 4 aliphatic carbocycles. The topological polar surface area (TPSA) is 73.6 Å². The van der Waals surface area contributed by atoms with Crippen LogP contribution in [0.25, 0.3) is 0 Å². The molecule has 4 saturated carbocycles. The van der Waals surface area contributed by atoms with Gasteiger partial charge in [0.1, 0.15) is 11.8 Å². The zero-order chi connectivity index (χ0) is 14.4. The van der Waals surface area contributed by atoms with Gasteiger partial charge in [0.25, 0.3) is 0 Å². The molecule has 21 heavy (non-hydrogen) atoms. The third-order valence-electron chi connectivity index (χ3n) is 5.92. The van der Waals surface area contributed by atoms with E-state index in [1.807, 2.05) is 0 Å². The maximum atomic E-state index is 12.3. The second-order valence-electron chi connectivity index (χ2n) is 7.73. The quantitative estimate of drug-likeness (QED) is 0.818. The van der Waals surface area contributed by atoms with Crippen molar-refractivity contribution in [2.24, 2.45) is 23.5 Å². The van der Waals surface area contributed by atoms with Crippen LogP contribution in [-0.4, -0.2) is 30.6 Å². The average molecular weight is 294 g/mol. The molecule has 1 saturated heterocycles. The minimum Gasteiger partial charge on any atom is -0.443 e. The van der Waals surface area contributed by atoms with Crippen LogP contribution in [0.5, 0.6) is 0 Å². The van der Waals surface area contributed by atoms with E-state index in [9.17, 15) is 4.79 Å². The highest BCUT2D eigenvalue weighted by atomic mass is 16.6. The molecule has 5 heteroatoms. The van der Waals surface area contributed by atoms with Gasteiger partial charge in [0.15, 0.2) is 0 Å². The fourth-order valence-electron chi connectivity index (χ4n) is 5.45. The second-order valence-corrected chi connectivity index (χ2v) is 7.73. The average Bonchev–Trinajstić information content (AvgIpc) is 2.39. The molecule has 0 aromatic heterocycles. The van der Waals surface area contributed by atoms with Crippen molar-refractivity contribution >= 4 is 6.09 Å². The number of hydrogen-bond acceptors (Lipinski definition) is 4. The van der Waals surface area contributed by atoms with Crippen LogP contribution >= 0.6 is 0 Å². The maximum absolute atomic E-state index is 12.3. The normalized spacial score (nSPS) is 48.1. The molecule has 2 atom stereocenters. The van der Waals surface area contributed by atoms with Crippen molar-refractivity contribution in [3.05, 3.63) is 0 Å². The smallest absolute Gasteiger partial charge is 0.409 e. The van der Waals surface area contributed by atoms with Gasteiger partial charge < -0.3 is 15.2 Å². The molecule has 0 spiro atoms. The molecule has 0 unspecified atom stereocenters. The van der Waals surface area contributed by atoms with E-state index in [-0.39, 0.29) is 24.0 Å². The van der Waals surface area contributed by atoms with Gasteiger partial charge in [-0.2, -0.15) is 0 Å². The molecule has 4 bridgehead atoms. The SMILES string of the molecule is N[C@@H]1CCCO[C@@H]1NC(=O)OC12CC3CC(CC(C3)C1)C2. The van der Waals surface area contributed by atoms with Gasteiger partial charge >= 0.3 is 6.09 Å². The van der Waals surface area contributed by atoms with E-state index in [4.69, 9.17) is 15.2 Å². The number of nitrogens with two attached hydrogens (primary N) is 1. The number of carbonyl (C=O) groups is 1. The first-order valence-electron chi connectivity index (χ1n) is 8.49. The van der Waals surface area contributed by atoms with Gasteiger partial charge in [-0.25, -0.2) is 4.79 Å². The predicted octanol–water partition coefficient (Wildman–Crippen LogP) is 2.15.